The first-order chi connectivity index (χ1) is 15.8. The van der Waals surface area contributed by atoms with Gasteiger partial charge in [0.1, 0.15) is 11.4 Å². The Kier molecular flexibility index (Phi) is 6.99. The maximum absolute atomic E-state index is 12.9. The normalized spacial score (nSPS) is 21.1. The zero-order valence-electron chi connectivity index (χ0n) is 20.5. The van der Waals surface area contributed by atoms with E-state index in [4.69, 9.17) is 9.47 Å². The van der Waals surface area contributed by atoms with E-state index in [1.165, 1.54) is 11.1 Å². The fraction of sp³-hybridized carbons (Fsp3) is 0.536. The zero-order chi connectivity index (χ0) is 23.5. The molecular formula is C28H38N2O3. The molecule has 5 heteroatoms. The summed E-state index contributed by atoms with van der Waals surface area (Å²) in [4.78, 5) is 17.4. The highest BCUT2D eigenvalue weighted by atomic mass is 16.6. The molecule has 4 rings (SSSR count). The first-order valence-corrected chi connectivity index (χ1v) is 12.2. The van der Waals surface area contributed by atoms with Crippen LogP contribution in [0.4, 0.5) is 4.79 Å². The van der Waals surface area contributed by atoms with E-state index in [1.54, 1.807) is 7.11 Å². The van der Waals surface area contributed by atoms with Crippen molar-refractivity contribution < 1.29 is 14.3 Å². The van der Waals surface area contributed by atoms with Crippen molar-refractivity contribution in [2.45, 2.75) is 58.1 Å². The number of ether oxygens (including phenoxy) is 2. The molecule has 2 fully saturated rings. The quantitative estimate of drug-likeness (QED) is 0.599. The van der Waals surface area contributed by atoms with Crippen LogP contribution >= 0.6 is 0 Å². The van der Waals surface area contributed by atoms with Crippen LogP contribution in [0.25, 0.3) is 0 Å². The van der Waals surface area contributed by atoms with Crippen molar-refractivity contribution in [2.24, 2.45) is 5.41 Å². The standard InChI is InChI=1S/C28H38N2O3/c1-27(2,3)33-26(31)30-19-16-28(24(21-30)23-12-8-9-13-25(23)32-4)14-17-29(18-15-28)20-22-10-6-5-7-11-22/h5-13,24H,14-21H2,1-4H3. The monoisotopic (exact) mass is 450 g/mol. The number of rotatable bonds is 4. The molecule has 178 valence electrons. The Bertz CT molecular complexity index is 930. The smallest absolute Gasteiger partial charge is 0.410 e. The Morgan fingerprint density at radius 2 is 1.61 bits per heavy atom. The summed E-state index contributed by atoms with van der Waals surface area (Å²) >= 11 is 0. The average Bonchev–Trinajstić information content (AvgIpc) is 2.80. The summed E-state index contributed by atoms with van der Waals surface area (Å²) in [5.74, 6) is 1.15. The summed E-state index contributed by atoms with van der Waals surface area (Å²) in [7, 11) is 1.74. The first-order valence-electron chi connectivity index (χ1n) is 12.2. The Balaban J connectivity index is 1.54. The van der Waals surface area contributed by atoms with E-state index in [1.807, 2.05) is 37.8 Å². The van der Waals surface area contributed by atoms with E-state index in [-0.39, 0.29) is 17.4 Å². The summed E-state index contributed by atoms with van der Waals surface area (Å²) < 4.78 is 11.5. The molecule has 1 unspecified atom stereocenters. The molecule has 2 saturated heterocycles. The summed E-state index contributed by atoms with van der Waals surface area (Å²) in [6.07, 6.45) is 3.04. The van der Waals surface area contributed by atoms with Crippen LogP contribution in [-0.2, 0) is 11.3 Å². The molecule has 33 heavy (non-hydrogen) atoms. The summed E-state index contributed by atoms with van der Waals surface area (Å²) in [6.45, 7) is 10.4. The van der Waals surface area contributed by atoms with Crippen LogP contribution in [0.1, 0.15) is 57.1 Å². The number of amides is 1. The molecule has 2 aromatic rings. The predicted octanol–water partition coefficient (Wildman–Crippen LogP) is 5.70. The van der Waals surface area contributed by atoms with Crippen LogP contribution in [0.3, 0.4) is 0 Å². The van der Waals surface area contributed by atoms with Gasteiger partial charge >= 0.3 is 6.09 Å². The van der Waals surface area contributed by atoms with Gasteiger partial charge in [0, 0.05) is 25.6 Å². The van der Waals surface area contributed by atoms with E-state index in [2.05, 4.69) is 47.4 Å². The van der Waals surface area contributed by atoms with Crippen LogP contribution < -0.4 is 4.74 Å². The predicted molar refractivity (Wildman–Crippen MR) is 132 cm³/mol. The topological polar surface area (TPSA) is 42.0 Å². The van der Waals surface area contributed by atoms with Crippen LogP contribution in [0, 0.1) is 5.41 Å². The molecule has 0 radical (unpaired) electrons. The number of methoxy groups -OCH3 is 1. The lowest BCUT2D eigenvalue weighted by molar-refractivity contribution is -0.0144. The SMILES string of the molecule is COc1ccccc1C1CN(C(=O)OC(C)(C)C)CCC12CCN(Cc1ccccc1)CC2. The van der Waals surface area contributed by atoms with Gasteiger partial charge in [0.25, 0.3) is 0 Å². The fourth-order valence-corrected chi connectivity index (χ4v) is 5.51. The molecule has 0 bridgehead atoms. The van der Waals surface area contributed by atoms with Crippen LogP contribution in [0.2, 0.25) is 0 Å². The Labute approximate surface area is 198 Å². The molecule has 2 aliphatic rings. The summed E-state index contributed by atoms with van der Waals surface area (Å²) in [6, 6.07) is 19.1. The maximum Gasteiger partial charge on any atom is 0.410 e. The van der Waals surface area contributed by atoms with E-state index in [9.17, 15) is 4.79 Å². The number of hydrogen-bond acceptors (Lipinski definition) is 4. The van der Waals surface area contributed by atoms with Crippen LogP contribution in [-0.4, -0.2) is 54.8 Å². The van der Waals surface area contributed by atoms with Gasteiger partial charge in [0.05, 0.1) is 7.11 Å². The molecule has 1 amide bonds. The number of likely N-dealkylation sites (tertiary alicyclic amines) is 2. The van der Waals surface area contributed by atoms with Crippen molar-refractivity contribution in [1.29, 1.82) is 0 Å². The van der Waals surface area contributed by atoms with Gasteiger partial charge in [0.15, 0.2) is 0 Å². The molecule has 1 spiro atoms. The largest absolute Gasteiger partial charge is 0.496 e. The number of hydrogen-bond donors (Lipinski definition) is 0. The van der Waals surface area contributed by atoms with Gasteiger partial charge in [-0.2, -0.15) is 0 Å². The van der Waals surface area contributed by atoms with Gasteiger partial charge in [0.2, 0.25) is 0 Å². The second-order valence-electron chi connectivity index (χ2n) is 10.6. The van der Waals surface area contributed by atoms with Crippen molar-refractivity contribution >= 4 is 6.09 Å². The minimum atomic E-state index is -0.491. The molecule has 0 N–H and O–H groups in total. The number of nitrogens with zero attached hydrogens (tertiary/aromatic N) is 2. The highest BCUT2D eigenvalue weighted by molar-refractivity contribution is 5.68. The third-order valence-corrected chi connectivity index (χ3v) is 7.29. The van der Waals surface area contributed by atoms with Gasteiger partial charge in [-0.25, -0.2) is 4.79 Å². The van der Waals surface area contributed by atoms with Gasteiger partial charge in [-0.15, -0.1) is 0 Å². The fourth-order valence-electron chi connectivity index (χ4n) is 5.51. The van der Waals surface area contributed by atoms with Crippen molar-refractivity contribution in [2.75, 3.05) is 33.3 Å². The van der Waals surface area contributed by atoms with Gasteiger partial charge in [-0.1, -0.05) is 48.5 Å². The molecule has 2 aliphatic heterocycles. The van der Waals surface area contributed by atoms with Crippen LogP contribution in [0.15, 0.2) is 54.6 Å². The Morgan fingerprint density at radius 1 is 0.970 bits per heavy atom. The van der Waals surface area contributed by atoms with Gasteiger partial charge in [-0.3, -0.25) is 4.90 Å². The minimum absolute atomic E-state index is 0.167. The molecule has 0 aromatic heterocycles. The van der Waals surface area contributed by atoms with Crippen molar-refractivity contribution in [1.82, 2.24) is 9.80 Å². The van der Waals surface area contributed by atoms with Gasteiger partial charge < -0.3 is 14.4 Å². The molecule has 2 heterocycles. The molecule has 0 aliphatic carbocycles. The van der Waals surface area contributed by atoms with E-state index < -0.39 is 5.60 Å². The maximum atomic E-state index is 12.9. The zero-order valence-corrected chi connectivity index (χ0v) is 20.5. The van der Waals surface area contributed by atoms with E-state index in [0.29, 0.717) is 6.54 Å². The Morgan fingerprint density at radius 3 is 2.27 bits per heavy atom. The first kappa shape index (κ1) is 23.6. The summed E-state index contributed by atoms with van der Waals surface area (Å²) in [5.41, 5.74) is 2.26. The second kappa shape index (κ2) is 9.76. The highest BCUT2D eigenvalue weighted by Gasteiger charge is 2.47. The van der Waals surface area contributed by atoms with E-state index >= 15 is 0 Å². The third kappa shape index (κ3) is 5.52. The minimum Gasteiger partial charge on any atom is -0.496 e. The number of para-hydroxylation sites is 1. The van der Waals surface area contributed by atoms with E-state index in [0.717, 1.165) is 51.2 Å². The lowest BCUT2D eigenvalue weighted by Gasteiger charge is -2.52. The lowest BCUT2D eigenvalue weighted by Crippen LogP contribution is -2.53. The van der Waals surface area contributed by atoms with Crippen molar-refractivity contribution in [3.8, 4) is 5.75 Å². The molecule has 2 aromatic carbocycles. The average molecular weight is 451 g/mol. The second-order valence-corrected chi connectivity index (χ2v) is 10.6. The molecule has 5 nitrogen and oxygen atoms in total. The van der Waals surface area contributed by atoms with Crippen LogP contribution in [0.5, 0.6) is 5.75 Å². The third-order valence-electron chi connectivity index (χ3n) is 7.29. The number of benzene rings is 2. The van der Waals surface area contributed by atoms with Gasteiger partial charge in [-0.05, 0) is 75.7 Å². The highest BCUT2D eigenvalue weighted by Crippen LogP contribution is 2.52. The molecule has 0 saturated carbocycles. The number of carbonyl (C=O) groups excluding carboxylic acids is 1. The van der Waals surface area contributed by atoms with Crippen molar-refractivity contribution in [3.05, 3.63) is 65.7 Å². The molecular weight excluding hydrogens is 412 g/mol. The number of carbonyl (C=O) groups is 1. The molecule has 1 atom stereocenters. The Hall–Kier alpha value is -2.53. The van der Waals surface area contributed by atoms with Crippen molar-refractivity contribution in [3.63, 3.8) is 0 Å². The summed E-state index contributed by atoms with van der Waals surface area (Å²) in [5, 5.41) is 0. The number of piperidine rings is 2. The lowest BCUT2D eigenvalue weighted by atomic mass is 9.62.